The van der Waals surface area contributed by atoms with Gasteiger partial charge in [-0.2, -0.15) is 12.6 Å². The average molecular weight is 475 g/mol. The number of hydrogen-bond acceptors (Lipinski definition) is 6. The monoisotopic (exact) mass is 475 g/mol. The quantitative estimate of drug-likeness (QED) is 0.391. The van der Waals surface area contributed by atoms with Crippen molar-refractivity contribution in [3.63, 3.8) is 0 Å². The van der Waals surface area contributed by atoms with E-state index in [0.29, 0.717) is 25.0 Å². The van der Waals surface area contributed by atoms with E-state index < -0.39 is 23.4 Å². The summed E-state index contributed by atoms with van der Waals surface area (Å²) in [7, 11) is 0. The predicted molar refractivity (Wildman–Crippen MR) is 119 cm³/mol. The number of benzene rings is 2. The molecule has 0 aliphatic carbocycles. The highest BCUT2D eigenvalue weighted by Crippen LogP contribution is 2.27. The molecule has 1 aliphatic rings. The third-order valence-electron chi connectivity index (χ3n) is 5.41. The van der Waals surface area contributed by atoms with Crippen LogP contribution in [0.4, 0.5) is 19.1 Å². The minimum Gasteiger partial charge on any atom is -0.478 e. The Labute approximate surface area is 193 Å². The maximum absolute atomic E-state index is 13.8. The molecule has 0 spiro atoms. The molecule has 1 aromatic heterocycles. The van der Waals surface area contributed by atoms with Gasteiger partial charge < -0.3 is 14.7 Å². The van der Waals surface area contributed by atoms with Gasteiger partial charge in [0.05, 0.1) is 24.8 Å². The summed E-state index contributed by atoms with van der Waals surface area (Å²) >= 11 is 4.55. The van der Waals surface area contributed by atoms with Crippen LogP contribution >= 0.6 is 12.6 Å². The summed E-state index contributed by atoms with van der Waals surface area (Å²) in [6.07, 6.45) is 3.99. The zero-order valence-corrected chi connectivity index (χ0v) is 18.2. The van der Waals surface area contributed by atoms with Gasteiger partial charge >= 0.3 is 5.97 Å². The lowest BCUT2D eigenvalue weighted by molar-refractivity contribution is 0.0697. The number of halogens is 3. The van der Waals surface area contributed by atoms with Gasteiger partial charge in [-0.15, -0.1) is 0 Å². The molecule has 1 aliphatic heterocycles. The molecule has 6 nitrogen and oxygen atoms in total. The molecule has 1 saturated heterocycles. The molecule has 1 fully saturated rings. The topological polar surface area (TPSA) is 75.5 Å². The molecule has 0 bridgehead atoms. The summed E-state index contributed by atoms with van der Waals surface area (Å²) in [6.45, 7) is 0.595. The zero-order valence-electron chi connectivity index (χ0n) is 17.3. The van der Waals surface area contributed by atoms with Crippen molar-refractivity contribution >= 4 is 24.5 Å². The fourth-order valence-corrected chi connectivity index (χ4v) is 4.12. The van der Waals surface area contributed by atoms with Crippen LogP contribution < -0.4 is 4.90 Å². The van der Waals surface area contributed by atoms with Crippen molar-refractivity contribution in [3.8, 4) is 11.1 Å². The summed E-state index contributed by atoms with van der Waals surface area (Å²) in [5, 5.41) is 9.08. The number of thiol groups is 1. The van der Waals surface area contributed by atoms with Gasteiger partial charge in [0.15, 0.2) is 11.6 Å². The van der Waals surface area contributed by atoms with E-state index in [0.717, 1.165) is 17.2 Å². The van der Waals surface area contributed by atoms with Crippen LogP contribution in [0.3, 0.4) is 0 Å². The summed E-state index contributed by atoms with van der Waals surface area (Å²) in [5.41, 5.74) is 1.65. The van der Waals surface area contributed by atoms with Gasteiger partial charge in [-0.25, -0.2) is 27.9 Å². The molecule has 0 unspecified atom stereocenters. The number of carboxylic acid groups (broad SMARTS) is 1. The van der Waals surface area contributed by atoms with Crippen LogP contribution in [-0.2, 0) is 11.3 Å². The number of hydrogen-bond donors (Lipinski definition) is 2. The molecule has 1 N–H and O–H groups in total. The van der Waals surface area contributed by atoms with E-state index >= 15 is 0 Å². The summed E-state index contributed by atoms with van der Waals surface area (Å²) < 4.78 is 45.9. The molecule has 2 aromatic carbocycles. The lowest BCUT2D eigenvalue weighted by Gasteiger charge is -2.24. The van der Waals surface area contributed by atoms with Gasteiger partial charge in [0.2, 0.25) is 5.95 Å². The SMILES string of the molecule is O=C(O)c1ccc(-c2cnc(N3C[C@H](S)C[C@H]3COCc3cc(F)c(F)cc3F)nc2)cc1. The molecule has 4 rings (SSSR count). The number of carboxylic acids is 1. The van der Waals surface area contributed by atoms with E-state index in [4.69, 9.17) is 9.84 Å². The van der Waals surface area contributed by atoms with Crippen LogP contribution in [0.1, 0.15) is 22.3 Å². The van der Waals surface area contributed by atoms with Crippen molar-refractivity contribution in [2.24, 2.45) is 0 Å². The second kappa shape index (κ2) is 9.80. The molecule has 0 radical (unpaired) electrons. The normalized spacial score (nSPS) is 18.0. The highest BCUT2D eigenvalue weighted by Gasteiger charge is 2.32. The van der Waals surface area contributed by atoms with Crippen LogP contribution in [0.25, 0.3) is 11.1 Å². The van der Waals surface area contributed by atoms with Crippen LogP contribution in [0.15, 0.2) is 48.8 Å². The Morgan fingerprint density at radius 2 is 1.73 bits per heavy atom. The Hall–Kier alpha value is -3.11. The fourth-order valence-electron chi connectivity index (χ4n) is 3.70. The third kappa shape index (κ3) is 5.28. The number of ether oxygens (including phenoxy) is 1. The summed E-state index contributed by atoms with van der Waals surface area (Å²) in [6, 6.07) is 7.58. The molecule has 33 heavy (non-hydrogen) atoms. The highest BCUT2D eigenvalue weighted by molar-refractivity contribution is 7.81. The molecule has 10 heteroatoms. The number of nitrogens with zero attached hydrogens (tertiary/aromatic N) is 3. The number of aromatic carboxylic acids is 1. The van der Waals surface area contributed by atoms with Gasteiger partial charge in [0.1, 0.15) is 5.82 Å². The summed E-state index contributed by atoms with van der Waals surface area (Å²) in [5.74, 6) is -3.75. The van der Waals surface area contributed by atoms with Crippen molar-refractivity contribution in [2.45, 2.75) is 24.3 Å². The minimum absolute atomic E-state index is 0.0598. The van der Waals surface area contributed by atoms with E-state index in [1.165, 1.54) is 12.1 Å². The van der Waals surface area contributed by atoms with E-state index in [1.54, 1.807) is 24.5 Å². The van der Waals surface area contributed by atoms with Crippen molar-refractivity contribution in [3.05, 3.63) is 77.4 Å². The molecule has 3 aromatic rings. The molecule has 172 valence electrons. The van der Waals surface area contributed by atoms with Crippen molar-refractivity contribution < 1.29 is 27.8 Å². The molecule has 2 heterocycles. The number of rotatable bonds is 7. The van der Waals surface area contributed by atoms with E-state index in [-0.39, 0.29) is 35.6 Å². The van der Waals surface area contributed by atoms with Gasteiger partial charge in [0, 0.05) is 41.4 Å². The summed E-state index contributed by atoms with van der Waals surface area (Å²) in [4.78, 5) is 21.8. The molecule has 2 atom stereocenters. The molecular formula is C23H20F3N3O3S. The fraction of sp³-hybridized carbons (Fsp3) is 0.261. The Balaban J connectivity index is 1.42. The largest absolute Gasteiger partial charge is 0.478 e. The van der Waals surface area contributed by atoms with Gasteiger partial charge in [-0.1, -0.05) is 12.1 Å². The first kappa shape index (κ1) is 23.1. The van der Waals surface area contributed by atoms with Gasteiger partial charge in [-0.05, 0) is 30.2 Å². The second-order valence-corrected chi connectivity index (χ2v) is 8.45. The van der Waals surface area contributed by atoms with Crippen molar-refractivity contribution in [1.82, 2.24) is 9.97 Å². The van der Waals surface area contributed by atoms with Crippen molar-refractivity contribution in [1.29, 1.82) is 0 Å². The van der Waals surface area contributed by atoms with E-state index in [2.05, 4.69) is 22.6 Å². The third-order valence-corrected chi connectivity index (χ3v) is 5.78. The first-order valence-corrected chi connectivity index (χ1v) is 10.6. The average Bonchev–Trinajstić information content (AvgIpc) is 3.17. The lowest BCUT2D eigenvalue weighted by Crippen LogP contribution is -2.34. The Kier molecular flexibility index (Phi) is 6.85. The van der Waals surface area contributed by atoms with E-state index in [1.807, 2.05) is 4.90 Å². The van der Waals surface area contributed by atoms with Crippen LogP contribution in [-0.4, -0.2) is 45.5 Å². The van der Waals surface area contributed by atoms with Crippen LogP contribution in [0, 0.1) is 17.5 Å². The number of aromatic nitrogens is 2. The number of anilines is 1. The maximum atomic E-state index is 13.8. The molecule has 0 amide bonds. The van der Waals surface area contributed by atoms with Crippen LogP contribution in [0.5, 0.6) is 0 Å². The smallest absolute Gasteiger partial charge is 0.335 e. The number of carbonyl (C=O) groups is 1. The highest BCUT2D eigenvalue weighted by atomic mass is 32.1. The Morgan fingerprint density at radius 1 is 1.06 bits per heavy atom. The molecule has 0 saturated carbocycles. The van der Waals surface area contributed by atoms with Gasteiger partial charge in [-0.3, -0.25) is 0 Å². The van der Waals surface area contributed by atoms with Gasteiger partial charge in [0.25, 0.3) is 0 Å². The Morgan fingerprint density at radius 3 is 2.39 bits per heavy atom. The Bertz CT molecular complexity index is 1150. The standard InChI is InChI=1S/C23H20F3N3O3S/c24-19-7-21(26)20(25)5-15(19)11-32-12-17-6-18(33)10-29(17)23-27-8-16(9-28-23)13-1-3-14(4-2-13)22(30)31/h1-5,7-9,17-18,33H,6,10-12H2,(H,30,31)/t17-,18+/m0/s1. The first-order valence-electron chi connectivity index (χ1n) is 10.1. The minimum atomic E-state index is -1.24. The lowest BCUT2D eigenvalue weighted by atomic mass is 10.1. The van der Waals surface area contributed by atoms with Crippen LogP contribution in [0.2, 0.25) is 0 Å². The maximum Gasteiger partial charge on any atom is 0.335 e. The van der Waals surface area contributed by atoms with Crippen molar-refractivity contribution in [2.75, 3.05) is 18.1 Å². The van der Waals surface area contributed by atoms with E-state index in [9.17, 15) is 18.0 Å². The zero-order chi connectivity index (χ0) is 23.5. The second-order valence-electron chi connectivity index (χ2n) is 7.72. The predicted octanol–water partition coefficient (Wildman–Crippen LogP) is 4.35. The first-order chi connectivity index (χ1) is 15.8. The molecular weight excluding hydrogens is 455 g/mol.